The highest BCUT2D eigenvalue weighted by atomic mass is 19.1. The number of unbranched alkanes of at least 4 members (excludes halogenated alkanes) is 1. The van der Waals surface area contributed by atoms with Crippen LogP contribution in [-0.2, 0) is 22.7 Å². The van der Waals surface area contributed by atoms with E-state index in [1.807, 2.05) is 122 Å². The maximum Gasteiger partial charge on any atom is 0.305 e. The van der Waals surface area contributed by atoms with E-state index < -0.39 is 60.8 Å². The molecule has 0 aliphatic rings. The quantitative estimate of drug-likeness (QED) is 0.0182. The molecular weight excluding hydrogens is 1120 g/mol. The fourth-order valence-electron chi connectivity index (χ4n) is 11.4. The van der Waals surface area contributed by atoms with E-state index in [0.29, 0.717) is 80.6 Å². The van der Waals surface area contributed by atoms with Gasteiger partial charge >= 0.3 is 11.9 Å². The van der Waals surface area contributed by atoms with Gasteiger partial charge in [0.05, 0.1) is 59.8 Å². The summed E-state index contributed by atoms with van der Waals surface area (Å²) in [6.45, 7) is 9.55. The molecule has 0 unspecified atom stereocenters. The fourth-order valence-corrected chi connectivity index (χ4v) is 11.4. The summed E-state index contributed by atoms with van der Waals surface area (Å²) in [5.41, 5.74) is 10.2. The molecule has 2 aromatic heterocycles. The molecule has 462 valence electrons. The van der Waals surface area contributed by atoms with Gasteiger partial charge in [-0.2, -0.15) is 0 Å². The molecule has 2 heterocycles. The second-order valence-corrected chi connectivity index (χ2v) is 22.8. The van der Waals surface area contributed by atoms with Crippen molar-refractivity contribution in [2.75, 3.05) is 34.4 Å². The fraction of sp³-hybridized carbons (Fsp3) is 0.314. The smallest absolute Gasteiger partial charge is 0.305 e. The van der Waals surface area contributed by atoms with E-state index in [4.69, 9.17) is 0 Å². The molecule has 0 saturated heterocycles. The first kappa shape index (κ1) is 65.0. The van der Waals surface area contributed by atoms with Gasteiger partial charge in [0.2, 0.25) is 0 Å². The van der Waals surface area contributed by atoms with Gasteiger partial charge in [-0.25, -0.2) is 8.78 Å². The first-order valence-electron chi connectivity index (χ1n) is 29.9. The van der Waals surface area contributed by atoms with Gasteiger partial charge in [0.1, 0.15) is 11.6 Å². The van der Waals surface area contributed by atoms with Gasteiger partial charge in [0, 0.05) is 71.4 Å². The van der Waals surface area contributed by atoms with E-state index in [2.05, 4.69) is 21.3 Å². The Hall–Kier alpha value is -8.94. The summed E-state index contributed by atoms with van der Waals surface area (Å²) in [7, 11) is 0. The molecule has 0 saturated carbocycles. The van der Waals surface area contributed by atoms with Crippen molar-refractivity contribution in [3.63, 3.8) is 0 Å². The normalized spacial score (nSPS) is 12.8. The van der Waals surface area contributed by atoms with Crippen molar-refractivity contribution in [2.45, 2.75) is 128 Å². The van der Waals surface area contributed by atoms with Crippen LogP contribution in [0.3, 0.4) is 0 Å². The number of amides is 2. The number of nitrogens with one attached hydrogen (secondary N) is 4. The zero-order chi connectivity index (χ0) is 63.0. The molecule has 0 fully saturated rings. The molecule has 0 spiro atoms. The van der Waals surface area contributed by atoms with Crippen LogP contribution in [0.4, 0.5) is 31.5 Å². The number of rotatable bonds is 31. The maximum absolute atomic E-state index is 14.7. The Bertz CT molecular complexity index is 3370. The minimum Gasteiger partial charge on any atom is -0.481 e. The molecular formula is C70H78F2N6O10. The molecule has 18 heteroatoms. The predicted molar refractivity (Wildman–Crippen MR) is 341 cm³/mol. The second kappa shape index (κ2) is 30.6. The summed E-state index contributed by atoms with van der Waals surface area (Å²) >= 11 is 0. The minimum absolute atomic E-state index is 0.126. The lowest BCUT2D eigenvalue weighted by atomic mass is 9.94. The number of para-hydroxylation sites is 2. The summed E-state index contributed by atoms with van der Waals surface area (Å²) in [5, 5.41) is 74.6. The summed E-state index contributed by atoms with van der Waals surface area (Å²) in [6.07, 6.45) is -4.13. The Labute approximate surface area is 511 Å². The third kappa shape index (κ3) is 17.0. The average molecular weight is 1200 g/mol. The number of aliphatic carboxylic acids is 2. The number of carboxylic acid groups (broad SMARTS) is 2. The lowest BCUT2D eigenvalue weighted by Crippen LogP contribution is -2.22. The molecule has 6 aromatic carbocycles. The number of carboxylic acids is 2. The Morgan fingerprint density at radius 1 is 0.432 bits per heavy atom. The molecule has 88 heavy (non-hydrogen) atoms. The van der Waals surface area contributed by atoms with Crippen LogP contribution in [0.2, 0.25) is 0 Å². The van der Waals surface area contributed by atoms with Crippen LogP contribution in [0.5, 0.6) is 0 Å². The maximum atomic E-state index is 14.7. The van der Waals surface area contributed by atoms with Gasteiger partial charge in [0.15, 0.2) is 0 Å². The SMILES string of the molecule is CC(C)c1c(C(=O)Nc2ccccc2)c(-c2ccc(NCCCCNc3ccc(-c4c(C(=O)Nc5ccccc5)c(C(C)C)n(CC[C@@H](O)C[C@@H](O)CC(=O)O)c4-c4ccc(F)cc4)cc3)cc2)c(-c2ccc(F)cc2)n1CC[C@@H](O)C[C@@H](O)CC(=O)O. The van der Waals surface area contributed by atoms with Crippen molar-refractivity contribution in [2.24, 2.45) is 0 Å². The van der Waals surface area contributed by atoms with Crippen LogP contribution in [0.25, 0.3) is 44.8 Å². The Morgan fingerprint density at radius 2 is 0.761 bits per heavy atom. The van der Waals surface area contributed by atoms with E-state index in [-0.39, 0.29) is 62.4 Å². The number of aromatic nitrogens is 2. The van der Waals surface area contributed by atoms with E-state index in [1.54, 1.807) is 48.5 Å². The van der Waals surface area contributed by atoms with Gasteiger partial charge in [0.25, 0.3) is 11.8 Å². The van der Waals surface area contributed by atoms with Crippen LogP contribution in [0.15, 0.2) is 158 Å². The predicted octanol–water partition coefficient (Wildman–Crippen LogP) is 13.2. The molecule has 4 atom stereocenters. The van der Waals surface area contributed by atoms with Crippen molar-refractivity contribution in [1.82, 2.24) is 9.13 Å². The average Bonchev–Trinajstić information content (AvgIpc) is 1.80. The van der Waals surface area contributed by atoms with Crippen LogP contribution in [0.1, 0.15) is 123 Å². The van der Waals surface area contributed by atoms with E-state index >= 15 is 0 Å². The highest BCUT2D eigenvalue weighted by molar-refractivity contribution is 6.13. The molecule has 8 aromatic rings. The molecule has 2 amide bonds. The highest BCUT2D eigenvalue weighted by Gasteiger charge is 2.33. The molecule has 0 aliphatic heterocycles. The minimum atomic E-state index is -1.25. The molecule has 0 aliphatic carbocycles. The summed E-state index contributed by atoms with van der Waals surface area (Å²) in [6, 6.07) is 45.7. The van der Waals surface area contributed by atoms with Crippen molar-refractivity contribution < 1.29 is 58.6 Å². The van der Waals surface area contributed by atoms with E-state index in [0.717, 1.165) is 35.3 Å². The zero-order valence-electron chi connectivity index (χ0n) is 49.9. The number of nitrogens with zero attached hydrogens (tertiary/aromatic N) is 2. The van der Waals surface area contributed by atoms with Crippen molar-refractivity contribution in [1.29, 1.82) is 0 Å². The first-order valence-corrected chi connectivity index (χ1v) is 29.9. The lowest BCUT2D eigenvalue weighted by Gasteiger charge is -2.20. The largest absolute Gasteiger partial charge is 0.481 e. The Morgan fingerprint density at radius 3 is 1.08 bits per heavy atom. The van der Waals surface area contributed by atoms with Gasteiger partial charge < -0.3 is 61.0 Å². The first-order chi connectivity index (χ1) is 42.3. The van der Waals surface area contributed by atoms with Crippen LogP contribution in [-0.4, -0.2) is 101 Å². The summed E-state index contributed by atoms with van der Waals surface area (Å²) in [5.74, 6) is -4.39. The molecule has 10 N–H and O–H groups in total. The summed E-state index contributed by atoms with van der Waals surface area (Å²) in [4.78, 5) is 52.0. The molecule has 16 nitrogen and oxygen atoms in total. The number of hydrogen-bond acceptors (Lipinski definition) is 10. The number of carbonyl (C=O) groups excluding carboxylic acids is 2. The second-order valence-electron chi connectivity index (χ2n) is 22.8. The van der Waals surface area contributed by atoms with E-state index in [1.165, 1.54) is 24.3 Å². The molecule has 8 rings (SSSR count). The third-order valence-electron chi connectivity index (χ3n) is 15.3. The van der Waals surface area contributed by atoms with E-state index in [9.17, 15) is 58.6 Å². The number of aliphatic hydroxyl groups excluding tert-OH is 4. The van der Waals surface area contributed by atoms with Crippen molar-refractivity contribution in [3.8, 4) is 44.8 Å². The van der Waals surface area contributed by atoms with Crippen molar-refractivity contribution in [3.05, 3.63) is 192 Å². The number of aliphatic hydroxyl groups is 4. The van der Waals surface area contributed by atoms with Gasteiger partial charge in [-0.05, 0) is 170 Å². The van der Waals surface area contributed by atoms with Crippen LogP contribution < -0.4 is 21.3 Å². The standard InChI is InChI=1S/C70H78F2N6O10/c1-43(2)65-63(69(87)75-53-13-7-5-8-14-53)61(67(47-17-25-49(71)26-18-47)77(65)37-33-55(79)39-57(81)41-59(83)84)45-21-29-51(30-22-45)73-35-11-12-36-74-52-31-23-46(24-32-52)62-64(70(88)76-54-15-9-6-10-16-54)66(44(3)4)78(68(62)48-19-27-50(72)28-20-48)38-34-56(80)40-58(82)42-60(85)86/h5-10,13-32,43-44,55-58,73-74,79-82H,11-12,33-42H2,1-4H3,(H,75,87)(H,76,88)(H,83,84)(H,85,86)/t55-,56-,57-,58-/m1/s1. The topological polar surface area (TPSA) is 248 Å². The number of carbonyl (C=O) groups is 4. The zero-order valence-corrected chi connectivity index (χ0v) is 49.9. The number of benzene rings is 6. The van der Waals surface area contributed by atoms with Gasteiger partial charge in [-0.1, -0.05) is 88.4 Å². The molecule has 0 bridgehead atoms. The Kier molecular flexibility index (Phi) is 22.6. The van der Waals surface area contributed by atoms with Gasteiger partial charge in [-0.3, -0.25) is 19.2 Å². The van der Waals surface area contributed by atoms with Crippen LogP contribution >= 0.6 is 0 Å². The third-order valence-corrected chi connectivity index (χ3v) is 15.3. The number of hydrogen-bond donors (Lipinski definition) is 10. The van der Waals surface area contributed by atoms with Gasteiger partial charge in [-0.15, -0.1) is 0 Å². The number of anilines is 4. The Balaban J connectivity index is 1.01. The number of halogens is 2. The monoisotopic (exact) mass is 1200 g/mol. The summed E-state index contributed by atoms with van der Waals surface area (Å²) < 4.78 is 33.1. The lowest BCUT2D eigenvalue weighted by molar-refractivity contribution is -0.140. The van der Waals surface area contributed by atoms with Crippen molar-refractivity contribution >= 4 is 46.5 Å². The van der Waals surface area contributed by atoms with Crippen LogP contribution in [0, 0.1) is 11.6 Å². The highest BCUT2D eigenvalue weighted by Crippen LogP contribution is 2.45. The molecule has 0 radical (unpaired) electrons.